The second-order valence-corrected chi connectivity index (χ2v) is 5.90. The van der Waals surface area contributed by atoms with Crippen LogP contribution in [0.5, 0.6) is 0 Å². The van der Waals surface area contributed by atoms with Crippen LogP contribution in [0.15, 0.2) is 47.4 Å². The van der Waals surface area contributed by atoms with Gasteiger partial charge in [0, 0.05) is 23.4 Å². The van der Waals surface area contributed by atoms with Crippen molar-refractivity contribution in [3.8, 4) is 0 Å². The number of aromatic nitrogens is 1. The van der Waals surface area contributed by atoms with Gasteiger partial charge in [-0.3, -0.25) is 4.79 Å². The number of aliphatic hydroxyl groups excluding tert-OH is 1. The van der Waals surface area contributed by atoms with Crippen molar-refractivity contribution in [1.29, 1.82) is 0 Å². The third-order valence-corrected chi connectivity index (χ3v) is 4.28. The Labute approximate surface area is 117 Å². The molecule has 1 aromatic carbocycles. The van der Waals surface area contributed by atoms with Gasteiger partial charge in [0.25, 0.3) is 5.56 Å². The van der Waals surface area contributed by atoms with Crippen molar-refractivity contribution in [2.45, 2.75) is 31.4 Å². The molecule has 0 saturated carbocycles. The molecule has 2 aromatic rings. The second-order valence-electron chi connectivity index (χ2n) is 5.90. The molecule has 3 rings (SSSR count). The van der Waals surface area contributed by atoms with Crippen LogP contribution in [0.4, 0.5) is 5.69 Å². The quantitative estimate of drug-likeness (QED) is 0.775. The molecule has 0 unspecified atom stereocenters. The maximum Gasteiger partial charge on any atom is 0.251 e. The number of fused-ring (bicyclic) bond motifs is 1. The minimum atomic E-state index is -0.667. The highest BCUT2D eigenvalue weighted by Gasteiger charge is 2.46. The molecule has 20 heavy (non-hydrogen) atoms. The number of benzene rings is 1. The summed E-state index contributed by atoms with van der Waals surface area (Å²) < 4.78 is 1.59. The van der Waals surface area contributed by atoms with E-state index in [1.54, 1.807) is 22.9 Å². The molecular weight excluding hydrogens is 252 g/mol. The van der Waals surface area contributed by atoms with E-state index in [0.29, 0.717) is 5.69 Å². The molecule has 3 N–H and O–H groups in total. The maximum atomic E-state index is 12.1. The van der Waals surface area contributed by atoms with Gasteiger partial charge in [0.2, 0.25) is 0 Å². The van der Waals surface area contributed by atoms with Crippen LogP contribution in [0.25, 0.3) is 0 Å². The fraction of sp³-hybridized carbons (Fsp3) is 0.312. The average Bonchev–Trinajstić information content (AvgIpc) is 2.60. The van der Waals surface area contributed by atoms with E-state index < -0.39 is 11.5 Å². The van der Waals surface area contributed by atoms with E-state index in [1.165, 1.54) is 6.07 Å². The third-order valence-electron chi connectivity index (χ3n) is 4.28. The summed E-state index contributed by atoms with van der Waals surface area (Å²) in [6.45, 7) is 3.95. The SMILES string of the molecule is CC1(C)c2cc(N)ccc2[C@@H](n2ccccc2=O)[C@@H]1O. The lowest BCUT2D eigenvalue weighted by atomic mass is 9.84. The monoisotopic (exact) mass is 270 g/mol. The molecular formula is C16H18N2O2. The largest absolute Gasteiger partial charge is 0.399 e. The zero-order chi connectivity index (χ0) is 14.5. The zero-order valence-corrected chi connectivity index (χ0v) is 11.6. The molecule has 0 aliphatic heterocycles. The van der Waals surface area contributed by atoms with E-state index in [-0.39, 0.29) is 11.6 Å². The van der Waals surface area contributed by atoms with Gasteiger partial charge in [-0.2, -0.15) is 0 Å². The highest BCUT2D eigenvalue weighted by molar-refractivity contribution is 5.53. The van der Waals surface area contributed by atoms with E-state index in [2.05, 4.69) is 0 Å². The van der Waals surface area contributed by atoms with Gasteiger partial charge in [-0.15, -0.1) is 0 Å². The van der Waals surface area contributed by atoms with Crippen LogP contribution in [0.1, 0.15) is 31.0 Å². The first-order valence-corrected chi connectivity index (χ1v) is 6.68. The van der Waals surface area contributed by atoms with Crippen LogP contribution in [-0.2, 0) is 5.41 Å². The Bertz CT molecular complexity index is 718. The van der Waals surface area contributed by atoms with Gasteiger partial charge in [-0.1, -0.05) is 26.0 Å². The number of anilines is 1. The minimum absolute atomic E-state index is 0.114. The predicted molar refractivity (Wildman–Crippen MR) is 78.7 cm³/mol. The van der Waals surface area contributed by atoms with Gasteiger partial charge < -0.3 is 15.4 Å². The normalized spacial score (nSPS) is 23.6. The summed E-state index contributed by atoms with van der Waals surface area (Å²) in [5, 5.41) is 10.7. The fourth-order valence-electron chi connectivity index (χ4n) is 3.09. The number of rotatable bonds is 1. The molecule has 1 heterocycles. The molecule has 4 nitrogen and oxygen atoms in total. The topological polar surface area (TPSA) is 68.2 Å². The summed E-state index contributed by atoms with van der Waals surface area (Å²) in [4.78, 5) is 12.1. The Balaban J connectivity index is 2.25. The van der Waals surface area contributed by atoms with Crippen LogP contribution in [0.3, 0.4) is 0 Å². The van der Waals surface area contributed by atoms with E-state index in [9.17, 15) is 9.90 Å². The van der Waals surface area contributed by atoms with E-state index in [1.807, 2.05) is 32.0 Å². The average molecular weight is 270 g/mol. The Kier molecular flexibility index (Phi) is 2.73. The van der Waals surface area contributed by atoms with Gasteiger partial charge in [0.15, 0.2) is 0 Å². The summed E-state index contributed by atoms with van der Waals surface area (Å²) in [5.74, 6) is 0. The predicted octanol–water partition coefficient (Wildman–Crippen LogP) is 1.67. The first-order valence-electron chi connectivity index (χ1n) is 6.68. The molecule has 1 aliphatic rings. The van der Waals surface area contributed by atoms with Crippen molar-refractivity contribution < 1.29 is 5.11 Å². The van der Waals surface area contributed by atoms with Gasteiger partial charge in [0.1, 0.15) is 0 Å². The van der Waals surface area contributed by atoms with Crippen molar-refractivity contribution in [3.63, 3.8) is 0 Å². The first-order chi connectivity index (χ1) is 9.43. The Hall–Kier alpha value is -2.07. The fourth-order valence-corrected chi connectivity index (χ4v) is 3.09. The number of nitrogens with zero attached hydrogens (tertiary/aromatic N) is 1. The van der Waals surface area contributed by atoms with Crippen LogP contribution in [0.2, 0.25) is 0 Å². The van der Waals surface area contributed by atoms with Gasteiger partial charge >= 0.3 is 0 Å². The molecule has 0 amide bonds. The van der Waals surface area contributed by atoms with Crippen molar-refractivity contribution in [2.75, 3.05) is 5.73 Å². The number of pyridine rings is 1. The Morgan fingerprint density at radius 3 is 2.70 bits per heavy atom. The number of nitrogen functional groups attached to an aromatic ring is 1. The minimum Gasteiger partial charge on any atom is -0.399 e. The van der Waals surface area contributed by atoms with Crippen LogP contribution < -0.4 is 11.3 Å². The Morgan fingerprint density at radius 1 is 1.25 bits per heavy atom. The number of nitrogens with two attached hydrogens (primary N) is 1. The molecule has 4 heteroatoms. The summed E-state index contributed by atoms with van der Waals surface area (Å²) >= 11 is 0. The van der Waals surface area contributed by atoms with Crippen molar-refractivity contribution in [2.24, 2.45) is 0 Å². The summed E-state index contributed by atoms with van der Waals surface area (Å²) in [6.07, 6.45) is 1.05. The highest BCUT2D eigenvalue weighted by Crippen LogP contribution is 2.46. The molecule has 1 aliphatic carbocycles. The molecule has 0 radical (unpaired) electrons. The lowest BCUT2D eigenvalue weighted by Gasteiger charge is -2.27. The van der Waals surface area contributed by atoms with Gasteiger partial charge in [-0.25, -0.2) is 0 Å². The molecule has 0 saturated heterocycles. The summed E-state index contributed by atoms with van der Waals surface area (Å²) in [6, 6.07) is 10.3. The standard InChI is InChI=1S/C16H18N2O2/c1-16(2)12-9-10(17)6-7-11(12)14(15(16)20)18-8-4-3-5-13(18)19/h3-9,14-15,20H,17H2,1-2H3/t14-,15+/m1/s1. The summed E-state index contributed by atoms with van der Waals surface area (Å²) in [5.41, 5.74) is 7.95. The lowest BCUT2D eigenvalue weighted by molar-refractivity contribution is 0.0799. The molecule has 1 aromatic heterocycles. The van der Waals surface area contributed by atoms with E-state index in [0.717, 1.165) is 11.1 Å². The van der Waals surface area contributed by atoms with Gasteiger partial charge in [-0.05, 0) is 29.3 Å². The van der Waals surface area contributed by atoms with Crippen molar-refractivity contribution >= 4 is 5.69 Å². The summed E-state index contributed by atoms with van der Waals surface area (Å²) in [7, 11) is 0. The third kappa shape index (κ3) is 1.68. The zero-order valence-electron chi connectivity index (χ0n) is 11.6. The molecule has 104 valence electrons. The van der Waals surface area contributed by atoms with Crippen LogP contribution in [-0.4, -0.2) is 15.8 Å². The first kappa shape index (κ1) is 12.9. The molecule has 0 bridgehead atoms. The van der Waals surface area contributed by atoms with Crippen molar-refractivity contribution in [1.82, 2.24) is 4.57 Å². The molecule has 0 fully saturated rings. The second kappa shape index (κ2) is 4.21. The number of hydrogen-bond donors (Lipinski definition) is 2. The van der Waals surface area contributed by atoms with Crippen molar-refractivity contribution in [3.05, 3.63) is 64.1 Å². The molecule has 2 atom stereocenters. The van der Waals surface area contributed by atoms with Crippen LogP contribution in [0, 0.1) is 0 Å². The van der Waals surface area contributed by atoms with E-state index in [4.69, 9.17) is 5.73 Å². The smallest absolute Gasteiger partial charge is 0.251 e. The molecule has 0 spiro atoms. The highest BCUT2D eigenvalue weighted by atomic mass is 16.3. The van der Waals surface area contributed by atoms with Gasteiger partial charge in [0.05, 0.1) is 12.1 Å². The Morgan fingerprint density at radius 2 is 2.00 bits per heavy atom. The number of aliphatic hydroxyl groups is 1. The van der Waals surface area contributed by atoms with Crippen LogP contribution >= 0.6 is 0 Å². The van der Waals surface area contributed by atoms with E-state index >= 15 is 0 Å². The maximum absolute atomic E-state index is 12.1. The lowest BCUT2D eigenvalue weighted by Crippen LogP contribution is -2.37. The number of hydrogen-bond acceptors (Lipinski definition) is 3.